The Hall–Kier alpha value is -2.05. The van der Waals surface area contributed by atoms with Crippen LogP contribution in [0.2, 0.25) is 0 Å². The summed E-state index contributed by atoms with van der Waals surface area (Å²) in [4.78, 5) is 0. The SMILES string of the molecule is FC(F)(F)C1=CC=C=C[CH]1.FC(F)(F)C1=CC=C=C[CH]1.FC(F)(F)C1=CC=C=C[CH]1.[HH].[Sn]. The summed E-state index contributed by atoms with van der Waals surface area (Å²) in [6.45, 7) is 0. The average molecular weight is 556 g/mol. The van der Waals surface area contributed by atoms with Gasteiger partial charge in [-0.05, 0) is 54.7 Å². The van der Waals surface area contributed by atoms with Crippen LogP contribution in [0, 0.1) is 19.3 Å². The second-order valence-electron chi connectivity index (χ2n) is 5.36. The van der Waals surface area contributed by atoms with Gasteiger partial charge in [-0.25, -0.2) is 0 Å². The predicted molar refractivity (Wildman–Crippen MR) is 101 cm³/mol. The molecule has 0 bridgehead atoms. The number of hydrogen-bond acceptors (Lipinski definition) is 0. The van der Waals surface area contributed by atoms with Crippen molar-refractivity contribution in [3.8, 4) is 0 Å². The van der Waals surface area contributed by atoms with E-state index in [4.69, 9.17) is 0 Å². The smallest absolute Gasteiger partial charge is 0.166 e. The van der Waals surface area contributed by atoms with Gasteiger partial charge in [0.1, 0.15) is 0 Å². The Labute approximate surface area is 191 Å². The molecule has 0 spiro atoms. The van der Waals surface area contributed by atoms with Crippen molar-refractivity contribution in [2.45, 2.75) is 18.5 Å². The molecule has 0 atom stereocenters. The third kappa shape index (κ3) is 11.8. The molecule has 0 aliphatic heterocycles. The molecule has 10 heteroatoms. The molecule has 3 aliphatic rings. The van der Waals surface area contributed by atoms with E-state index in [1.165, 1.54) is 36.5 Å². The number of halogens is 9. The minimum Gasteiger partial charge on any atom is -0.166 e. The largest absolute Gasteiger partial charge is 0.413 e. The first-order chi connectivity index (χ1) is 13.8. The first-order valence-electron chi connectivity index (χ1n) is 7.91. The van der Waals surface area contributed by atoms with Gasteiger partial charge in [0, 0.05) is 61.3 Å². The first kappa shape index (κ1) is 28.9. The van der Waals surface area contributed by atoms with Gasteiger partial charge in [0.05, 0.1) is 0 Å². The molecule has 0 saturated carbocycles. The van der Waals surface area contributed by atoms with E-state index < -0.39 is 35.2 Å². The summed E-state index contributed by atoms with van der Waals surface area (Å²) in [6.07, 6.45) is 0.669. The molecule has 165 valence electrons. The van der Waals surface area contributed by atoms with Crippen LogP contribution < -0.4 is 0 Å². The number of allylic oxidation sites excluding steroid dienone is 9. The van der Waals surface area contributed by atoms with E-state index in [1.807, 2.05) is 0 Å². The van der Waals surface area contributed by atoms with Crippen LogP contribution in [-0.2, 0) is 0 Å². The second-order valence-corrected chi connectivity index (χ2v) is 5.36. The molecular weight excluding hydrogens is 542 g/mol. The van der Waals surface area contributed by atoms with Crippen molar-refractivity contribution in [1.29, 1.82) is 0 Å². The quantitative estimate of drug-likeness (QED) is 0.170. The Bertz CT molecular complexity index is 772. The van der Waals surface area contributed by atoms with Crippen LogP contribution in [0.15, 0.2) is 88.6 Å². The van der Waals surface area contributed by atoms with Gasteiger partial charge in [-0.15, -0.1) is 17.2 Å². The van der Waals surface area contributed by atoms with Crippen molar-refractivity contribution >= 4 is 23.9 Å². The van der Waals surface area contributed by atoms with Gasteiger partial charge in [-0.1, -0.05) is 0 Å². The fourth-order valence-corrected chi connectivity index (χ4v) is 1.73. The summed E-state index contributed by atoms with van der Waals surface area (Å²) in [5.41, 5.74) is 5.62. The Kier molecular flexibility index (Phi) is 11.9. The molecule has 0 amide bonds. The van der Waals surface area contributed by atoms with Gasteiger partial charge in [0.15, 0.2) is 0 Å². The zero-order valence-electron chi connectivity index (χ0n) is 15.3. The molecular formula is C21H14F9Sn. The van der Waals surface area contributed by atoms with Gasteiger partial charge < -0.3 is 0 Å². The van der Waals surface area contributed by atoms with Crippen molar-refractivity contribution in [2.24, 2.45) is 0 Å². The Morgan fingerprint density at radius 3 is 0.774 bits per heavy atom. The maximum Gasteiger partial charge on any atom is 0.413 e. The molecule has 0 saturated heterocycles. The molecule has 3 aliphatic carbocycles. The fraction of sp³-hybridized carbons (Fsp3) is 0.143. The van der Waals surface area contributed by atoms with E-state index in [0.717, 1.165) is 37.5 Å². The Morgan fingerprint density at radius 1 is 0.452 bits per heavy atom. The molecule has 7 radical (unpaired) electrons. The normalized spacial score (nSPS) is 16.7. The molecule has 31 heavy (non-hydrogen) atoms. The first-order valence-corrected chi connectivity index (χ1v) is 7.91. The zero-order valence-corrected chi connectivity index (χ0v) is 18.2. The van der Waals surface area contributed by atoms with Gasteiger partial charge >= 0.3 is 18.5 Å². The summed E-state index contributed by atoms with van der Waals surface area (Å²) in [6, 6.07) is 0. The molecule has 0 fully saturated rings. The van der Waals surface area contributed by atoms with Gasteiger partial charge in [-0.3, -0.25) is 0 Å². The van der Waals surface area contributed by atoms with Crippen LogP contribution in [0.25, 0.3) is 0 Å². The van der Waals surface area contributed by atoms with Crippen molar-refractivity contribution in [3.63, 3.8) is 0 Å². The van der Waals surface area contributed by atoms with E-state index in [2.05, 4.69) is 17.2 Å². The fourth-order valence-electron chi connectivity index (χ4n) is 1.73. The summed E-state index contributed by atoms with van der Waals surface area (Å²) < 4.78 is 106. The van der Waals surface area contributed by atoms with Gasteiger partial charge in [0.2, 0.25) is 0 Å². The van der Waals surface area contributed by atoms with Crippen LogP contribution in [0.5, 0.6) is 0 Å². The van der Waals surface area contributed by atoms with Crippen molar-refractivity contribution in [3.05, 3.63) is 108 Å². The molecule has 0 aromatic carbocycles. The van der Waals surface area contributed by atoms with Gasteiger partial charge in [-0.2, -0.15) is 39.5 Å². The van der Waals surface area contributed by atoms with Crippen molar-refractivity contribution in [2.75, 3.05) is 0 Å². The predicted octanol–water partition coefficient (Wildman–Crippen LogP) is 7.08. The standard InChI is InChI=1S/3C7H4F3.Sn.H2/c3*8-7(9,10)6-4-2-1-3-5-6;;/h3*2-5H;;1H. The number of hydrogen-bond donors (Lipinski definition) is 0. The average Bonchev–Trinajstić information content (AvgIpc) is 2.69. The maximum atomic E-state index is 11.8. The van der Waals surface area contributed by atoms with Crippen LogP contribution >= 0.6 is 0 Å². The summed E-state index contributed by atoms with van der Waals surface area (Å²) in [7, 11) is 0. The Morgan fingerprint density at radius 2 is 0.677 bits per heavy atom. The molecule has 0 nitrogen and oxygen atoms in total. The van der Waals surface area contributed by atoms with E-state index in [-0.39, 0.29) is 25.3 Å². The van der Waals surface area contributed by atoms with Crippen LogP contribution in [0.4, 0.5) is 39.5 Å². The minimum absolute atomic E-state index is 0. The third-order valence-corrected chi connectivity index (χ3v) is 3.14. The summed E-state index contributed by atoms with van der Waals surface area (Å²) >= 11 is 0. The minimum atomic E-state index is -4.23. The summed E-state index contributed by atoms with van der Waals surface area (Å²) in [5.74, 6) is 0. The van der Waals surface area contributed by atoms with Crippen LogP contribution in [-0.4, -0.2) is 42.4 Å². The molecule has 0 heterocycles. The third-order valence-electron chi connectivity index (χ3n) is 3.14. The van der Waals surface area contributed by atoms with E-state index in [0.29, 0.717) is 0 Å². The Balaban J connectivity index is 0. The van der Waals surface area contributed by atoms with Gasteiger partial charge in [0.25, 0.3) is 0 Å². The maximum absolute atomic E-state index is 11.8. The summed E-state index contributed by atoms with van der Waals surface area (Å²) in [5, 5.41) is 0. The van der Waals surface area contributed by atoms with E-state index in [1.54, 1.807) is 0 Å². The number of rotatable bonds is 0. The monoisotopic (exact) mass is 557 g/mol. The molecule has 3 rings (SSSR count). The second kappa shape index (κ2) is 12.7. The number of alkyl halides is 9. The van der Waals surface area contributed by atoms with Crippen LogP contribution in [0.1, 0.15) is 1.43 Å². The van der Waals surface area contributed by atoms with Crippen LogP contribution in [0.3, 0.4) is 0 Å². The molecule has 0 N–H and O–H groups in total. The topological polar surface area (TPSA) is 0 Å². The van der Waals surface area contributed by atoms with Crippen molar-refractivity contribution in [1.82, 2.24) is 0 Å². The molecule has 0 aromatic rings. The molecule has 0 unspecified atom stereocenters. The van der Waals surface area contributed by atoms with E-state index in [9.17, 15) is 39.5 Å². The molecule has 0 aromatic heterocycles. The van der Waals surface area contributed by atoms with Crippen molar-refractivity contribution < 1.29 is 40.9 Å². The zero-order chi connectivity index (χ0) is 22.8. The van der Waals surface area contributed by atoms with E-state index >= 15 is 0 Å².